The minimum Gasteiger partial charge on any atom is -0.494 e. The van der Waals surface area contributed by atoms with E-state index in [1.54, 1.807) is 6.07 Å². The van der Waals surface area contributed by atoms with Crippen LogP contribution in [0.2, 0.25) is 10.0 Å². The van der Waals surface area contributed by atoms with E-state index in [1.165, 1.54) is 0 Å². The Labute approximate surface area is 216 Å². The van der Waals surface area contributed by atoms with Crippen molar-refractivity contribution in [3.63, 3.8) is 0 Å². The first-order chi connectivity index (χ1) is 17.0. The summed E-state index contributed by atoms with van der Waals surface area (Å²) in [4.78, 5) is 21.0. The van der Waals surface area contributed by atoms with Gasteiger partial charge in [-0.2, -0.15) is 0 Å². The van der Waals surface area contributed by atoms with Crippen molar-refractivity contribution in [2.75, 3.05) is 44.2 Å². The number of pyridine rings is 1. The number of piperazine rings is 1. The second-order valence-corrected chi connectivity index (χ2v) is 9.47. The van der Waals surface area contributed by atoms with Gasteiger partial charge in [-0.15, -0.1) is 0 Å². The van der Waals surface area contributed by atoms with Gasteiger partial charge in [-0.25, -0.2) is 4.98 Å². The summed E-state index contributed by atoms with van der Waals surface area (Å²) in [6.07, 6.45) is 3.18. The number of rotatable bonds is 10. The van der Waals surface area contributed by atoms with Crippen LogP contribution < -0.4 is 14.4 Å². The Morgan fingerprint density at radius 1 is 1.03 bits per heavy atom. The van der Waals surface area contributed by atoms with E-state index in [0.29, 0.717) is 29.0 Å². The summed E-state index contributed by atoms with van der Waals surface area (Å²) in [5.74, 6) is 0.835. The average Bonchev–Trinajstić information content (AvgIpc) is 2.86. The molecular formula is C27H31Cl2N3O3. The van der Waals surface area contributed by atoms with Crippen molar-refractivity contribution in [3.8, 4) is 11.6 Å². The van der Waals surface area contributed by atoms with Crippen molar-refractivity contribution < 1.29 is 14.3 Å². The summed E-state index contributed by atoms with van der Waals surface area (Å²) in [7, 11) is 0. The summed E-state index contributed by atoms with van der Waals surface area (Å²) < 4.78 is 11.3. The molecule has 0 unspecified atom stereocenters. The first-order valence-corrected chi connectivity index (χ1v) is 12.9. The van der Waals surface area contributed by atoms with E-state index < -0.39 is 0 Å². The number of halogens is 2. The van der Waals surface area contributed by atoms with Gasteiger partial charge in [0.15, 0.2) is 0 Å². The van der Waals surface area contributed by atoms with Crippen LogP contribution in [0, 0.1) is 0 Å². The standard InChI is InChI=1S/C27H31Cl2N3O3/c1-2-6-26(33)35-25-12-10-20-9-11-21(19-23(20)30-25)34-18-4-3-13-31-14-16-32(17-15-31)24-8-5-7-22(28)27(24)29/h5,7-12,19H,2-4,6,13-18H2,1H3. The maximum Gasteiger partial charge on any atom is 0.312 e. The third kappa shape index (κ3) is 7.00. The van der Waals surface area contributed by atoms with Crippen LogP contribution in [0.3, 0.4) is 0 Å². The van der Waals surface area contributed by atoms with Crippen molar-refractivity contribution in [1.29, 1.82) is 0 Å². The highest BCUT2D eigenvalue weighted by Crippen LogP contribution is 2.33. The second-order valence-electron chi connectivity index (χ2n) is 8.69. The zero-order valence-corrected chi connectivity index (χ0v) is 21.5. The van der Waals surface area contributed by atoms with Crippen LogP contribution in [0.4, 0.5) is 5.69 Å². The van der Waals surface area contributed by atoms with Crippen molar-refractivity contribution in [1.82, 2.24) is 9.88 Å². The highest BCUT2D eigenvalue weighted by molar-refractivity contribution is 6.43. The number of carbonyl (C=O) groups excluding carboxylic acids is 1. The normalized spacial score (nSPS) is 14.3. The lowest BCUT2D eigenvalue weighted by Crippen LogP contribution is -2.46. The number of ether oxygens (including phenoxy) is 2. The highest BCUT2D eigenvalue weighted by atomic mass is 35.5. The lowest BCUT2D eigenvalue weighted by molar-refractivity contribution is -0.134. The van der Waals surface area contributed by atoms with Crippen LogP contribution in [0.1, 0.15) is 32.6 Å². The summed E-state index contributed by atoms with van der Waals surface area (Å²) in [5.41, 5.74) is 1.77. The summed E-state index contributed by atoms with van der Waals surface area (Å²) in [6, 6.07) is 15.2. The Kier molecular flexibility index (Phi) is 9.07. The van der Waals surface area contributed by atoms with Crippen LogP contribution in [0.15, 0.2) is 48.5 Å². The molecule has 0 aliphatic carbocycles. The van der Waals surface area contributed by atoms with Crippen molar-refractivity contribution >= 4 is 45.8 Å². The van der Waals surface area contributed by atoms with E-state index in [-0.39, 0.29) is 5.97 Å². The van der Waals surface area contributed by atoms with E-state index in [1.807, 2.05) is 49.4 Å². The van der Waals surface area contributed by atoms with Crippen LogP contribution in [0.25, 0.3) is 10.9 Å². The minimum absolute atomic E-state index is 0.263. The van der Waals surface area contributed by atoms with E-state index in [4.69, 9.17) is 32.7 Å². The Morgan fingerprint density at radius 3 is 2.63 bits per heavy atom. The molecule has 2 heterocycles. The van der Waals surface area contributed by atoms with Crippen molar-refractivity contribution in [3.05, 3.63) is 58.6 Å². The van der Waals surface area contributed by atoms with Gasteiger partial charge in [0, 0.05) is 50.1 Å². The minimum atomic E-state index is -0.263. The topological polar surface area (TPSA) is 54.9 Å². The molecule has 0 saturated carbocycles. The molecular weight excluding hydrogens is 485 g/mol. The lowest BCUT2D eigenvalue weighted by atomic mass is 10.2. The second kappa shape index (κ2) is 12.4. The molecule has 4 rings (SSSR count). The fourth-order valence-electron chi connectivity index (χ4n) is 4.17. The molecule has 0 amide bonds. The zero-order chi connectivity index (χ0) is 24.6. The van der Waals surface area contributed by atoms with Crippen LogP contribution in [-0.2, 0) is 4.79 Å². The molecule has 0 N–H and O–H groups in total. The number of benzene rings is 2. The molecule has 0 atom stereocenters. The van der Waals surface area contributed by atoms with Gasteiger partial charge in [-0.05, 0) is 56.1 Å². The van der Waals surface area contributed by atoms with E-state index >= 15 is 0 Å². The predicted molar refractivity (Wildman–Crippen MR) is 142 cm³/mol. The number of unbranched alkanes of at least 4 members (excludes halogenated alkanes) is 1. The smallest absolute Gasteiger partial charge is 0.312 e. The molecule has 3 aromatic rings. The lowest BCUT2D eigenvalue weighted by Gasteiger charge is -2.36. The van der Waals surface area contributed by atoms with Gasteiger partial charge in [0.25, 0.3) is 0 Å². The van der Waals surface area contributed by atoms with Crippen LogP contribution in [0.5, 0.6) is 11.6 Å². The number of hydrogen-bond donors (Lipinski definition) is 0. The SMILES string of the molecule is CCCC(=O)Oc1ccc2ccc(OCCCCN3CCN(c4cccc(Cl)c4Cl)CC3)cc2n1. The third-order valence-corrected chi connectivity index (χ3v) is 6.90. The van der Waals surface area contributed by atoms with E-state index in [2.05, 4.69) is 14.8 Å². The molecule has 1 saturated heterocycles. The number of fused-ring (bicyclic) bond motifs is 1. The Hall–Kier alpha value is -2.54. The number of aromatic nitrogens is 1. The third-order valence-electron chi connectivity index (χ3n) is 6.09. The average molecular weight is 516 g/mol. The number of esters is 1. The van der Waals surface area contributed by atoms with E-state index in [9.17, 15) is 4.79 Å². The molecule has 186 valence electrons. The fraction of sp³-hybridized carbons (Fsp3) is 0.407. The summed E-state index contributed by atoms with van der Waals surface area (Å²) in [6.45, 7) is 7.53. The summed E-state index contributed by atoms with van der Waals surface area (Å²) in [5, 5.41) is 2.22. The Morgan fingerprint density at radius 2 is 1.83 bits per heavy atom. The first kappa shape index (κ1) is 25.5. The Balaban J connectivity index is 1.19. The van der Waals surface area contributed by atoms with E-state index in [0.717, 1.165) is 74.3 Å². The monoisotopic (exact) mass is 515 g/mol. The van der Waals surface area contributed by atoms with Crippen LogP contribution >= 0.6 is 23.2 Å². The summed E-state index contributed by atoms with van der Waals surface area (Å²) >= 11 is 12.5. The highest BCUT2D eigenvalue weighted by Gasteiger charge is 2.19. The van der Waals surface area contributed by atoms with Gasteiger partial charge < -0.3 is 14.4 Å². The maximum absolute atomic E-state index is 11.7. The Bertz CT molecular complexity index is 1150. The molecule has 0 radical (unpaired) electrons. The molecule has 1 aliphatic rings. The molecule has 1 fully saturated rings. The maximum atomic E-state index is 11.7. The van der Waals surface area contributed by atoms with Gasteiger partial charge in [-0.1, -0.05) is 36.2 Å². The molecule has 35 heavy (non-hydrogen) atoms. The van der Waals surface area contributed by atoms with Crippen LogP contribution in [-0.4, -0.2) is 55.2 Å². The van der Waals surface area contributed by atoms with Gasteiger partial charge in [0.2, 0.25) is 5.88 Å². The number of nitrogens with zero attached hydrogens (tertiary/aromatic N) is 3. The molecule has 8 heteroatoms. The number of anilines is 1. The number of hydrogen-bond acceptors (Lipinski definition) is 6. The van der Waals surface area contributed by atoms with Gasteiger partial charge >= 0.3 is 5.97 Å². The quantitative estimate of drug-likeness (QED) is 0.235. The number of carbonyl (C=O) groups is 1. The van der Waals surface area contributed by atoms with Gasteiger partial charge in [0.05, 0.1) is 27.9 Å². The first-order valence-electron chi connectivity index (χ1n) is 12.2. The predicted octanol–water partition coefficient (Wildman–Crippen LogP) is 6.23. The molecule has 0 bridgehead atoms. The zero-order valence-electron chi connectivity index (χ0n) is 20.0. The molecule has 6 nitrogen and oxygen atoms in total. The van der Waals surface area contributed by atoms with Crippen molar-refractivity contribution in [2.24, 2.45) is 0 Å². The largest absolute Gasteiger partial charge is 0.494 e. The molecule has 2 aromatic carbocycles. The molecule has 1 aliphatic heterocycles. The fourth-order valence-corrected chi connectivity index (χ4v) is 4.59. The molecule has 0 spiro atoms. The van der Waals surface area contributed by atoms with Crippen molar-refractivity contribution in [2.45, 2.75) is 32.6 Å². The van der Waals surface area contributed by atoms with Gasteiger partial charge in [0.1, 0.15) is 5.75 Å². The molecule has 1 aromatic heterocycles. The van der Waals surface area contributed by atoms with Gasteiger partial charge in [-0.3, -0.25) is 9.69 Å².